The van der Waals surface area contributed by atoms with E-state index in [-0.39, 0.29) is 5.92 Å². The molecule has 0 amide bonds. The first-order valence-corrected chi connectivity index (χ1v) is 6.02. The molecular weight excluding hydrogens is 273 g/mol. The van der Waals surface area contributed by atoms with E-state index in [9.17, 15) is 13.2 Å². The predicted molar refractivity (Wildman–Crippen MR) is 69.0 cm³/mol. The van der Waals surface area contributed by atoms with Gasteiger partial charge in [-0.2, -0.15) is 13.2 Å². The van der Waals surface area contributed by atoms with Crippen LogP contribution >= 0.6 is 0 Å². The van der Waals surface area contributed by atoms with E-state index in [0.717, 1.165) is 5.56 Å². The van der Waals surface area contributed by atoms with Crippen LogP contribution in [0.5, 0.6) is 5.75 Å². The third-order valence-corrected chi connectivity index (χ3v) is 2.81. The smallest absolute Gasteiger partial charge is 0.402 e. The van der Waals surface area contributed by atoms with E-state index in [1.807, 2.05) is 19.9 Å². The molecule has 1 unspecified atom stereocenters. The van der Waals surface area contributed by atoms with Gasteiger partial charge in [0.25, 0.3) is 0 Å². The molecule has 0 aliphatic rings. The highest BCUT2D eigenvalue weighted by molar-refractivity contribution is 5.83. The van der Waals surface area contributed by atoms with Crippen LogP contribution in [0.1, 0.15) is 25.3 Å². The van der Waals surface area contributed by atoms with Crippen LogP contribution in [0, 0.1) is 5.92 Å². The normalized spacial score (nSPS) is 14.4. The summed E-state index contributed by atoms with van der Waals surface area (Å²) < 4.78 is 43.3. The van der Waals surface area contributed by atoms with Crippen molar-refractivity contribution in [2.75, 3.05) is 6.61 Å². The number of ether oxygens (including phenoxy) is 1. The molecule has 0 saturated heterocycles. The Balaban J connectivity index is 2.80. The highest BCUT2D eigenvalue weighted by atomic mass is 19.4. The molecule has 0 bridgehead atoms. The number of hydrogen-bond donors (Lipinski definition) is 2. The van der Waals surface area contributed by atoms with Gasteiger partial charge in [0, 0.05) is 0 Å². The van der Waals surface area contributed by atoms with Crippen molar-refractivity contribution in [2.45, 2.75) is 25.9 Å². The van der Waals surface area contributed by atoms with Crippen molar-refractivity contribution in [2.24, 2.45) is 16.8 Å². The SMILES string of the molecule is CC(C)c1cccc(OCC(/C(N)=N/O)C(F)(F)F)c1. The van der Waals surface area contributed by atoms with Gasteiger partial charge in [-0.3, -0.25) is 0 Å². The molecule has 0 aliphatic carbocycles. The molecule has 4 nitrogen and oxygen atoms in total. The van der Waals surface area contributed by atoms with Crippen molar-refractivity contribution >= 4 is 5.84 Å². The van der Waals surface area contributed by atoms with Gasteiger partial charge in [-0.25, -0.2) is 0 Å². The lowest BCUT2D eigenvalue weighted by molar-refractivity contribution is -0.162. The van der Waals surface area contributed by atoms with Crippen LogP contribution in [0.4, 0.5) is 13.2 Å². The number of alkyl halides is 3. The standard InChI is InChI=1S/C13H17F3N2O2/c1-8(2)9-4-3-5-10(6-9)20-7-11(12(17)18-19)13(14,15)16/h3-6,8,11,19H,7H2,1-2H3,(H2,17,18). The maximum Gasteiger partial charge on any atom is 0.402 e. The number of hydrogen-bond acceptors (Lipinski definition) is 3. The number of benzene rings is 1. The second-order valence-electron chi connectivity index (χ2n) is 4.66. The summed E-state index contributed by atoms with van der Waals surface area (Å²) in [5.74, 6) is -2.51. The fraction of sp³-hybridized carbons (Fsp3) is 0.462. The topological polar surface area (TPSA) is 67.8 Å². The van der Waals surface area contributed by atoms with Gasteiger partial charge in [-0.1, -0.05) is 31.1 Å². The maximum absolute atomic E-state index is 12.7. The highest BCUT2D eigenvalue weighted by Crippen LogP contribution is 2.28. The van der Waals surface area contributed by atoms with E-state index >= 15 is 0 Å². The Kier molecular flexibility index (Phi) is 5.24. The molecule has 0 aliphatic heterocycles. The third kappa shape index (κ3) is 4.32. The zero-order valence-corrected chi connectivity index (χ0v) is 11.2. The Morgan fingerprint density at radius 2 is 2.05 bits per heavy atom. The zero-order valence-electron chi connectivity index (χ0n) is 11.2. The molecule has 0 radical (unpaired) electrons. The lowest BCUT2D eigenvalue weighted by Gasteiger charge is -2.19. The van der Waals surface area contributed by atoms with Crippen molar-refractivity contribution in [3.05, 3.63) is 29.8 Å². The van der Waals surface area contributed by atoms with Crippen LogP contribution < -0.4 is 10.5 Å². The van der Waals surface area contributed by atoms with Gasteiger partial charge in [0.1, 0.15) is 18.3 Å². The van der Waals surface area contributed by atoms with E-state index in [1.54, 1.807) is 18.2 Å². The Morgan fingerprint density at radius 3 is 2.55 bits per heavy atom. The molecule has 7 heteroatoms. The van der Waals surface area contributed by atoms with Gasteiger partial charge in [-0.15, -0.1) is 0 Å². The maximum atomic E-state index is 12.7. The van der Waals surface area contributed by atoms with Crippen molar-refractivity contribution in [1.29, 1.82) is 0 Å². The van der Waals surface area contributed by atoms with E-state index in [4.69, 9.17) is 15.7 Å². The Hall–Kier alpha value is -1.92. The molecule has 0 aromatic heterocycles. The molecular formula is C13H17F3N2O2. The fourth-order valence-corrected chi connectivity index (χ4v) is 1.56. The quantitative estimate of drug-likeness (QED) is 0.379. The molecule has 0 spiro atoms. The summed E-state index contributed by atoms with van der Waals surface area (Å²) in [6.07, 6.45) is -4.63. The molecule has 0 fully saturated rings. The van der Waals surface area contributed by atoms with Gasteiger partial charge in [0.2, 0.25) is 0 Å². The van der Waals surface area contributed by atoms with Crippen molar-refractivity contribution < 1.29 is 23.1 Å². The molecule has 1 aromatic carbocycles. The molecule has 20 heavy (non-hydrogen) atoms. The Morgan fingerprint density at radius 1 is 1.40 bits per heavy atom. The molecule has 112 valence electrons. The predicted octanol–water partition coefficient (Wildman–Crippen LogP) is 3.11. The number of rotatable bonds is 5. The summed E-state index contributed by atoms with van der Waals surface area (Å²) in [4.78, 5) is 0. The first-order chi connectivity index (χ1) is 9.25. The zero-order chi connectivity index (χ0) is 15.3. The molecule has 0 saturated carbocycles. The average molecular weight is 290 g/mol. The molecule has 1 aromatic rings. The number of halogens is 3. The van der Waals surface area contributed by atoms with Gasteiger partial charge in [-0.05, 0) is 23.6 Å². The second kappa shape index (κ2) is 6.49. The van der Waals surface area contributed by atoms with E-state index in [0.29, 0.717) is 5.75 Å². The first kappa shape index (κ1) is 16.1. The van der Waals surface area contributed by atoms with Crippen LogP contribution in [-0.4, -0.2) is 23.8 Å². The highest BCUT2D eigenvalue weighted by Gasteiger charge is 2.43. The monoisotopic (exact) mass is 290 g/mol. The average Bonchev–Trinajstić information content (AvgIpc) is 2.37. The van der Waals surface area contributed by atoms with Crippen LogP contribution in [0.25, 0.3) is 0 Å². The van der Waals surface area contributed by atoms with Crippen LogP contribution in [-0.2, 0) is 0 Å². The largest absolute Gasteiger partial charge is 0.492 e. The van der Waals surface area contributed by atoms with Crippen LogP contribution in [0.3, 0.4) is 0 Å². The number of nitrogens with zero attached hydrogens (tertiary/aromatic N) is 1. The first-order valence-electron chi connectivity index (χ1n) is 6.02. The fourth-order valence-electron chi connectivity index (χ4n) is 1.56. The van der Waals surface area contributed by atoms with E-state index in [1.165, 1.54) is 0 Å². The summed E-state index contributed by atoms with van der Waals surface area (Å²) >= 11 is 0. The van der Waals surface area contributed by atoms with E-state index in [2.05, 4.69) is 5.16 Å². The third-order valence-electron chi connectivity index (χ3n) is 2.81. The Bertz CT molecular complexity index is 473. The summed E-state index contributed by atoms with van der Waals surface area (Å²) in [6, 6.07) is 6.80. The van der Waals surface area contributed by atoms with Crippen molar-refractivity contribution in [3.8, 4) is 5.75 Å². The Labute approximate surface area is 115 Å². The van der Waals surface area contributed by atoms with Gasteiger partial charge < -0.3 is 15.7 Å². The summed E-state index contributed by atoms with van der Waals surface area (Å²) in [6.45, 7) is 3.20. The number of nitrogens with two attached hydrogens (primary N) is 1. The van der Waals surface area contributed by atoms with Crippen molar-refractivity contribution in [1.82, 2.24) is 0 Å². The number of oxime groups is 1. The van der Waals surface area contributed by atoms with Gasteiger partial charge >= 0.3 is 6.18 Å². The van der Waals surface area contributed by atoms with Gasteiger partial charge in [0.05, 0.1) is 0 Å². The number of amidine groups is 1. The minimum Gasteiger partial charge on any atom is -0.492 e. The van der Waals surface area contributed by atoms with Crippen LogP contribution in [0.15, 0.2) is 29.4 Å². The van der Waals surface area contributed by atoms with Crippen LogP contribution in [0.2, 0.25) is 0 Å². The summed E-state index contributed by atoms with van der Waals surface area (Å²) in [5, 5.41) is 10.8. The molecule has 3 N–H and O–H groups in total. The summed E-state index contributed by atoms with van der Waals surface area (Å²) in [7, 11) is 0. The molecule has 0 heterocycles. The lowest BCUT2D eigenvalue weighted by atomic mass is 10.0. The summed E-state index contributed by atoms with van der Waals surface area (Å²) in [5.41, 5.74) is 6.00. The molecule has 1 rings (SSSR count). The minimum atomic E-state index is -4.63. The van der Waals surface area contributed by atoms with E-state index < -0.39 is 24.5 Å². The lowest BCUT2D eigenvalue weighted by Crippen LogP contribution is -2.40. The van der Waals surface area contributed by atoms with Crippen molar-refractivity contribution in [3.63, 3.8) is 0 Å². The molecule has 1 atom stereocenters. The minimum absolute atomic E-state index is 0.237. The second-order valence-corrected chi connectivity index (χ2v) is 4.66. The van der Waals surface area contributed by atoms with Gasteiger partial charge in [0.15, 0.2) is 5.84 Å².